The minimum Gasteiger partial charge on any atom is -0.481 e. The number of carboxylic acid groups (broad SMARTS) is 2. The first-order valence-electron chi connectivity index (χ1n) is 5.33. The van der Waals surface area contributed by atoms with Crippen molar-refractivity contribution >= 4 is 11.9 Å². The second-order valence-corrected chi connectivity index (χ2v) is 4.60. The van der Waals surface area contributed by atoms with Gasteiger partial charge in [0.15, 0.2) is 0 Å². The first kappa shape index (κ1) is 10.9. The molecular weight excluding hydrogens is 208 g/mol. The zero-order chi connectivity index (χ0) is 11.9. The van der Waals surface area contributed by atoms with Gasteiger partial charge in [0.1, 0.15) is 0 Å². The van der Waals surface area contributed by atoms with E-state index in [1.807, 2.05) is 0 Å². The summed E-state index contributed by atoms with van der Waals surface area (Å²) in [6.45, 7) is 1.71. The van der Waals surface area contributed by atoms with Crippen LogP contribution in [0.2, 0.25) is 0 Å². The van der Waals surface area contributed by atoms with Crippen LogP contribution in [0.4, 0.5) is 0 Å². The van der Waals surface area contributed by atoms with Crippen LogP contribution in [0.5, 0.6) is 0 Å². The Morgan fingerprint density at radius 1 is 1.38 bits per heavy atom. The van der Waals surface area contributed by atoms with E-state index in [0.29, 0.717) is 5.57 Å². The molecule has 0 aromatic rings. The van der Waals surface area contributed by atoms with E-state index in [1.54, 1.807) is 19.1 Å². The molecule has 2 aliphatic rings. The van der Waals surface area contributed by atoms with Crippen molar-refractivity contribution in [1.82, 2.24) is 0 Å². The Morgan fingerprint density at radius 2 is 2.00 bits per heavy atom. The normalized spacial score (nSPS) is 29.3. The maximum atomic E-state index is 11.4. The maximum absolute atomic E-state index is 11.4. The molecule has 2 N–H and O–H groups in total. The smallest absolute Gasteiger partial charge is 0.331 e. The zero-order valence-corrected chi connectivity index (χ0v) is 9.06. The third-order valence-electron chi connectivity index (χ3n) is 3.54. The average molecular weight is 222 g/mol. The predicted molar refractivity (Wildman–Crippen MR) is 56.9 cm³/mol. The molecule has 0 aromatic heterocycles. The van der Waals surface area contributed by atoms with Crippen LogP contribution in [0.15, 0.2) is 23.3 Å². The molecule has 0 heterocycles. The molecule has 16 heavy (non-hydrogen) atoms. The standard InChI is InChI=1S/C12H14O4/c1-7-4-5-12(11(15)16,8-2-3-8)6-9(7)10(13)14/h4-5,8H,2-3,6H2,1H3,(H,13,14)(H,15,16). The summed E-state index contributed by atoms with van der Waals surface area (Å²) < 4.78 is 0. The van der Waals surface area contributed by atoms with Gasteiger partial charge in [-0.15, -0.1) is 0 Å². The van der Waals surface area contributed by atoms with E-state index in [-0.39, 0.29) is 17.9 Å². The number of rotatable bonds is 3. The molecule has 0 aromatic carbocycles. The van der Waals surface area contributed by atoms with E-state index >= 15 is 0 Å². The van der Waals surface area contributed by atoms with E-state index in [9.17, 15) is 14.7 Å². The highest BCUT2D eigenvalue weighted by atomic mass is 16.4. The summed E-state index contributed by atoms with van der Waals surface area (Å²) in [6.07, 6.45) is 5.18. The lowest BCUT2D eigenvalue weighted by atomic mass is 9.73. The van der Waals surface area contributed by atoms with Crippen LogP contribution in [-0.4, -0.2) is 22.2 Å². The fourth-order valence-electron chi connectivity index (χ4n) is 2.31. The van der Waals surface area contributed by atoms with Gasteiger partial charge in [-0.3, -0.25) is 4.79 Å². The molecular formula is C12H14O4. The Hall–Kier alpha value is -1.58. The minimum atomic E-state index is -1.01. The summed E-state index contributed by atoms with van der Waals surface area (Å²) in [5.41, 5.74) is -0.0884. The molecule has 1 atom stereocenters. The second kappa shape index (κ2) is 3.47. The topological polar surface area (TPSA) is 74.6 Å². The van der Waals surface area contributed by atoms with Crippen molar-refractivity contribution in [2.75, 3.05) is 0 Å². The van der Waals surface area contributed by atoms with E-state index in [4.69, 9.17) is 5.11 Å². The van der Waals surface area contributed by atoms with Gasteiger partial charge < -0.3 is 10.2 Å². The predicted octanol–water partition coefficient (Wildman–Crippen LogP) is 1.83. The van der Waals surface area contributed by atoms with Gasteiger partial charge in [-0.1, -0.05) is 12.2 Å². The van der Waals surface area contributed by atoms with Crippen molar-refractivity contribution in [3.8, 4) is 0 Å². The monoisotopic (exact) mass is 222 g/mol. The summed E-state index contributed by atoms with van der Waals surface area (Å²) in [6, 6.07) is 0. The van der Waals surface area contributed by atoms with Crippen LogP contribution in [0.1, 0.15) is 26.2 Å². The molecule has 1 unspecified atom stereocenters. The van der Waals surface area contributed by atoms with Crippen molar-refractivity contribution in [3.05, 3.63) is 23.3 Å². The third-order valence-corrected chi connectivity index (χ3v) is 3.54. The summed E-state index contributed by atoms with van der Waals surface area (Å²) >= 11 is 0. The Bertz CT molecular complexity index is 415. The van der Waals surface area contributed by atoms with Crippen LogP contribution in [-0.2, 0) is 9.59 Å². The van der Waals surface area contributed by atoms with E-state index < -0.39 is 17.4 Å². The van der Waals surface area contributed by atoms with Crippen LogP contribution < -0.4 is 0 Å². The Balaban J connectivity index is 2.37. The number of hydrogen-bond donors (Lipinski definition) is 2. The van der Waals surface area contributed by atoms with Crippen molar-refractivity contribution in [3.63, 3.8) is 0 Å². The molecule has 0 amide bonds. The summed E-state index contributed by atoms with van der Waals surface area (Å²) in [5.74, 6) is -1.81. The molecule has 2 aliphatic carbocycles. The molecule has 4 heteroatoms. The van der Waals surface area contributed by atoms with E-state index in [2.05, 4.69) is 0 Å². The van der Waals surface area contributed by atoms with Crippen molar-refractivity contribution < 1.29 is 19.8 Å². The van der Waals surface area contributed by atoms with Gasteiger partial charge in [0.2, 0.25) is 0 Å². The van der Waals surface area contributed by atoms with Gasteiger partial charge >= 0.3 is 11.9 Å². The van der Waals surface area contributed by atoms with Crippen molar-refractivity contribution in [2.24, 2.45) is 11.3 Å². The van der Waals surface area contributed by atoms with Gasteiger partial charge in [0, 0.05) is 5.57 Å². The zero-order valence-electron chi connectivity index (χ0n) is 9.06. The number of allylic oxidation sites excluding steroid dienone is 2. The fraction of sp³-hybridized carbons (Fsp3) is 0.500. The van der Waals surface area contributed by atoms with Crippen LogP contribution in [0.25, 0.3) is 0 Å². The molecule has 0 radical (unpaired) electrons. The fourth-order valence-corrected chi connectivity index (χ4v) is 2.31. The molecule has 0 bridgehead atoms. The Labute approximate surface area is 93.3 Å². The quantitative estimate of drug-likeness (QED) is 0.763. The van der Waals surface area contributed by atoms with Crippen LogP contribution in [0.3, 0.4) is 0 Å². The van der Waals surface area contributed by atoms with Gasteiger partial charge in [-0.2, -0.15) is 0 Å². The Kier molecular flexibility index (Phi) is 2.37. The first-order chi connectivity index (χ1) is 7.47. The molecule has 2 rings (SSSR count). The van der Waals surface area contributed by atoms with E-state index in [1.165, 1.54) is 0 Å². The molecule has 0 aliphatic heterocycles. The van der Waals surface area contributed by atoms with Gasteiger partial charge in [-0.25, -0.2) is 4.79 Å². The van der Waals surface area contributed by atoms with Gasteiger partial charge in [0.05, 0.1) is 5.41 Å². The summed E-state index contributed by atoms with van der Waals surface area (Å²) in [7, 11) is 0. The highest BCUT2D eigenvalue weighted by Crippen LogP contribution is 2.52. The highest BCUT2D eigenvalue weighted by molar-refractivity contribution is 5.91. The summed E-state index contributed by atoms with van der Waals surface area (Å²) in [4.78, 5) is 22.4. The van der Waals surface area contributed by atoms with Crippen molar-refractivity contribution in [1.29, 1.82) is 0 Å². The van der Waals surface area contributed by atoms with Gasteiger partial charge in [-0.05, 0) is 37.7 Å². The second-order valence-electron chi connectivity index (χ2n) is 4.60. The Morgan fingerprint density at radius 3 is 2.44 bits per heavy atom. The molecule has 1 fully saturated rings. The largest absolute Gasteiger partial charge is 0.481 e. The SMILES string of the molecule is CC1=C(C(=O)O)CC(C(=O)O)(C2CC2)C=C1. The maximum Gasteiger partial charge on any atom is 0.331 e. The number of aliphatic carboxylic acids is 2. The molecule has 1 saturated carbocycles. The lowest BCUT2D eigenvalue weighted by Crippen LogP contribution is -2.34. The molecule has 0 saturated heterocycles. The molecule has 4 nitrogen and oxygen atoms in total. The number of carboxylic acids is 2. The van der Waals surface area contributed by atoms with Crippen molar-refractivity contribution in [2.45, 2.75) is 26.2 Å². The van der Waals surface area contributed by atoms with Crippen LogP contribution in [0, 0.1) is 11.3 Å². The number of hydrogen-bond acceptors (Lipinski definition) is 2. The lowest BCUT2D eigenvalue weighted by molar-refractivity contribution is -0.147. The highest BCUT2D eigenvalue weighted by Gasteiger charge is 2.51. The number of carbonyl (C=O) groups is 2. The third kappa shape index (κ3) is 1.54. The van der Waals surface area contributed by atoms with E-state index in [0.717, 1.165) is 12.8 Å². The minimum absolute atomic E-state index is 0.101. The van der Waals surface area contributed by atoms with Crippen LogP contribution >= 0.6 is 0 Å². The molecule has 0 spiro atoms. The first-order valence-corrected chi connectivity index (χ1v) is 5.33. The average Bonchev–Trinajstić information content (AvgIpc) is 3.01. The molecule has 86 valence electrons. The summed E-state index contributed by atoms with van der Waals surface area (Å²) in [5, 5.41) is 18.4. The lowest BCUT2D eigenvalue weighted by Gasteiger charge is -2.29. The van der Waals surface area contributed by atoms with Gasteiger partial charge in [0.25, 0.3) is 0 Å².